The van der Waals surface area contributed by atoms with Crippen molar-refractivity contribution in [2.45, 2.75) is 38.3 Å². The smallest absolute Gasteiger partial charge is 0.387 e. The SMILES string of the molecule is FC(F)Oc1ccccc1NC1CCCC1. The molecule has 1 aliphatic carbocycles. The molecule has 0 amide bonds. The van der Waals surface area contributed by atoms with E-state index in [1.54, 1.807) is 18.2 Å². The quantitative estimate of drug-likeness (QED) is 0.847. The molecule has 0 spiro atoms. The highest BCUT2D eigenvalue weighted by molar-refractivity contribution is 5.56. The van der Waals surface area contributed by atoms with Gasteiger partial charge in [0.15, 0.2) is 0 Å². The Kier molecular flexibility index (Phi) is 3.59. The summed E-state index contributed by atoms with van der Waals surface area (Å²) in [5, 5.41) is 3.26. The lowest BCUT2D eigenvalue weighted by Crippen LogP contribution is -2.15. The third-order valence-corrected chi connectivity index (χ3v) is 2.82. The molecule has 4 heteroatoms. The number of anilines is 1. The molecule has 0 atom stereocenters. The fraction of sp³-hybridized carbons (Fsp3) is 0.500. The van der Waals surface area contributed by atoms with Gasteiger partial charge >= 0.3 is 6.61 Å². The van der Waals surface area contributed by atoms with Crippen LogP contribution in [0, 0.1) is 0 Å². The van der Waals surface area contributed by atoms with Crippen LogP contribution in [0.15, 0.2) is 24.3 Å². The number of rotatable bonds is 4. The summed E-state index contributed by atoms with van der Waals surface area (Å²) in [6, 6.07) is 7.23. The molecule has 2 rings (SSSR count). The van der Waals surface area contributed by atoms with Crippen molar-refractivity contribution in [1.82, 2.24) is 0 Å². The Morgan fingerprint density at radius 2 is 1.88 bits per heavy atom. The molecule has 0 aliphatic heterocycles. The second-order valence-electron chi connectivity index (χ2n) is 4.00. The number of ether oxygens (including phenoxy) is 1. The van der Waals surface area contributed by atoms with Crippen LogP contribution in [-0.2, 0) is 0 Å². The van der Waals surface area contributed by atoms with Gasteiger partial charge in [0.2, 0.25) is 0 Å². The standard InChI is InChI=1S/C12H15F2NO/c13-12(14)16-11-8-4-3-7-10(11)15-9-5-1-2-6-9/h3-4,7-9,12,15H,1-2,5-6H2. The monoisotopic (exact) mass is 227 g/mol. The van der Waals surface area contributed by atoms with Crippen molar-refractivity contribution >= 4 is 5.69 Å². The van der Waals surface area contributed by atoms with Gasteiger partial charge in [0.1, 0.15) is 5.75 Å². The van der Waals surface area contributed by atoms with E-state index >= 15 is 0 Å². The Bertz CT molecular complexity index is 338. The summed E-state index contributed by atoms with van der Waals surface area (Å²) in [4.78, 5) is 0. The third-order valence-electron chi connectivity index (χ3n) is 2.82. The van der Waals surface area contributed by atoms with Gasteiger partial charge in [0.05, 0.1) is 5.69 Å². The van der Waals surface area contributed by atoms with Crippen molar-refractivity contribution in [3.8, 4) is 5.75 Å². The topological polar surface area (TPSA) is 21.3 Å². The van der Waals surface area contributed by atoms with E-state index in [2.05, 4.69) is 10.1 Å². The molecular formula is C12H15F2NO. The molecular weight excluding hydrogens is 212 g/mol. The first-order valence-corrected chi connectivity index (χ1v) is 5.56. The molecule has 0 heterocycles. The van der Waals surface area contributed by atoms with Crippen LogP contribution < -0.4 is 10.1 Å². The fourth-order valence-corrected chi connectivity index (χ4v) is 2.07. The van der Waals surface area contributed by atoms with E-state index in [-0.39, 0.29) is 5.75 Å². The summed E-state index contributed by atoms with van der Waals surface area (Å²) in [5.41, 5.74) is 0.662. The molecule has 0 radical (unpaired) electrons. The Morgan fingerprint density at radius 3 is 2.56 bits per heavy atom. The molecule has 1 aromatic rings. The molecule has 16 heavy (non-hydrogen) atoms. The van der Waals surface area contributed by atoms with Crippen LogP contribution in [0.5, 0.6) is 5.75 Å². The second kappa shape index (κ2) is 5.14. The Hall–Kier alpha value is -1.32. The predicted octanol–water partition coefficient (Wildman–Crippen LogP) is 3.64. The van der Waals surface area contributed by atoms with Crippen LogP contribution in [-0.4, -0.2) is 12.7 Å². The van der Waals surface area contributed by atoms with Gasteiger partial charge in [-0.05, 0) is 25.0 Å². The molecule has 1 fully saturated rings. The first kappa shape index (κ1) is 11.2. The van der Waals surface area contributed by atoms with Crippen LogP contribution in [0.25, 0.3) is 0 Å². The first-order chi connectivity index (χ1) is 7.75. The maximum Gasteiger partial charge on any atom is 0.387 e. The minimum absolute atomic E-state index is 0.226. The van der Waals surface area contributed by atoms with Crippen LogP contribution >= 0.6 is 0 Å². The number of nitrogens with one attached hydrogen (secondary N) is 1. The van der Waals surface area contributed by atoms with Crippen molar-refractivity contribution < 1.29 is 13.5 Å². The van der Waals surface area contributed by atoms with Crippen LogP contribution in [0.4, 0.5) is 14.5 Å². The lowest BCUT2D eigenvalue weighted by molar-refractivity contribution is -0.0493. The summed E-state index contributed by atoms with van der Waals surface area (Å²) in [7, 11) is 0. The predicted molar refractivity (Wildman–Crippen MR) is 59.0 cm³/mol. The van der Waals surface area contributed by atoms with Gasteiger partial charge in [0, 0.05) is 6.04 Å². The summed E-state index contributed by atoms with van der Waals surface area (Å²) >= 11 is 0. The number of hydrogen-bond donors (Lipinski definition) is 1. The Morgan fingerprint density at radius 1 is 1.19 bits per heavy atom. The molecule has 1 N–H and O–H groups in total. The highest BCUT2D eigenvalue weighted by atomic mass is 19.3. The lowest BCUT2D eigenvalue weighted by Gasteiger charge is -2.16. The molecule has 0 bridgehead atoms. The van der Waals surface area contributed by atoms with Gasteiger partial charge in [-0.3, -0.25) is 0 Å². The maximum absolute atomic E-state index is 12.2. The maximum atomic E-state index is 12.2. The summed E-state index contributed by atoms with van der Waals surface area (Å²) in [6.07, 6.45) is 4.61. The van der Waals surface area contributed by atoms with Crippen molar-refractivity contribution in [2.24, 2.45) is 0 Å². The van der Waals surface area contributed by atoms with Crippen LogP contribution in [0.1, 0.15) is 25.7 Å². The minimum Gasteiger partial charge on any atom is -0.433 e. The lowest BCUT2D eigenvalue weighted by atomic mass is 10.2. The van der Waals surface area contributed by atoms with Crippen LogP contribution in [0.2, 0.25) is 0 Å². The minimum atomic E-state index is -2.77. The third kappa shape index (κ3) is 2.84. The average molecular weight is 227 g/mol. The Balaban J connectivity index is 2.06. The highest BCUT2D eigenvalue weighted by Gasteiger charge is 2.17. The number of para-hydroxylation sites is 2. The van der Waals surface area contributed by atoms with Crippen molar-refractivity contribution in [1.29, 1.82) is 0 Å². The van der Waals surface area contributed by atoms with E-state index in [0.29, 0.717) is 11.7 Å². The van der Waals surface area contributed by atoms with E-state index in [4.69, 9.17) is 0 Å². The normalized spacial score (nSPS) is 16.7. The molecule has 88 valence electrons. The number of benzene rings is 1. The molecule has 0 aromatic heterocycles. The second-order valence-corrected chi connectivity index (χ2v) is 4.00. The van der Waals surface area contributed by atoms with E-state index in [1.807, 2.05) is 6.07 Å². The van der Waals surface area contributed by atoms with Crippen molar-refractivity contribution in [2.75, 3.05) is 5.32 Å². The van der Waals surface area contributed by atoms with E-state index < -0.39 is 6.61 Å². The number of alkyl halides is 2. The van der Waals surface area contributed by atoms with Gasteiger partial charge in [-0.15, -0.1) is 0 Å². The van der Waals surface area contributed by atoms with E-state index in [1.165, 1.54) is 12.8 Å². The van der Waals surface area contributed by atoms with Gasteiger partial charge < -0.3 is 10.1 Å². The molecule has 1 aromatic carbocycles. The number of halogens is 2. The molecule has 0 saturated heterocycles. The van der Waals surface area contributed by atoms with Gasteiger partial charge in [-0.2, -0.15) is 8.78 Å². The summed E-state index contributed by atoms with van der Waals surface area (Å²) in [6.45, 7) is -2.77. The van der Waals surface area contributed by atoms with E-state index in [0.717, 1.165) is 12.8 Å². The zero-order valence-electron chi connectivity index (χ0n) is 8.96. The molecule has 0 unspecified atom stereocenters. The highest BCUT2D eigenvalue weighted by Crippen LogP contribution is 2.29. The fourth-order valence-electron chi connectivity index (χ4n) is 2.07. The zero-order valence-corrected chi connectivity index (χ0v) is 8.96. The average Bonchev–Trinajstić information content (AvgIpc) is 2.73. The first-order valence-electron chi connectivity index (χ1n) is 5.56. The van der Waals surface area contributed by atoms with Crippen LogP contribution in [0.3, 0.4) is 0 Å². The summed E-state index contributed by atoms with van der Waals surface area (Å²) < 4.78 is 28.8. The van der Waals surface area contributed by atoms with Gasteiger partial charge in [-0.25, -0.2) is 0 Å². The van der Waals surface area contributed by atoms with Crippen molar-refractivity contribution in [3.63, 3.8) is 0 Å². The summed E-state index contributed by atoms with van der Waals surface area (Å²) in [5.74, 6) is 0.226. The Labute approximate surface area is 93.6 Å². The van der Waals surface area contributed by atoms with Gasteiger partial charge in [-0.1, -0.05) is 25.0 Å². The number of hydrogen-bond acceptors (Lipinski definition) is 2. The largest absolute Gasteiger partial charge is 0.433 e. The molecule has 1 saturated carbocycles. The van der Waals surface area contributed by atoms with E-state index in [9.17, 15) is 8.78 Å². The molecule has 1 aliphatic rings. The molecule has 2 nitrogen and oxygen atoms in total. The zero-order chi connectivity index (χ0) is 11.4. The van der Waals surface area contributed by atoms with Crippen molar-refractivity contribution in [3.05, 3.63) is 24.3 Å². The van der Waals surface area contributed by atoms with Gasteiger partial charge in [0.25, 0.3) is 0 Å².